The summed E-state index contributed by atoms with van der Waals surface area (Å²) >= 11 is 0. The van der Waals surface area contributed by atoms with Crippen LogP contribution in [0.15, 0.2) is 97.2 Å². The molecule has 11 unspecified atom stereocenters. The average molecular weight is 1170 g/mol. The largest absolute Gasteiger partial charge is 0.457 e. The molecule has 0 aromatic heterocycles. The molecular weight excluding hydrogens is 1050 g/mol. The Bertz CT molecular complexity index is 1740. The second kappa shape index (κ2) is 54.3. The van der Waals surface area contributed by atoms with Crippen molar-refractivity contribution in [1.82, 2.24) is 0 Å². The van der Waals surface area contributed by atoms with Crippen LogP contribution >= 0.6 is 0 Å². The van der Waals surface area contributed by atoms with Gasteiger partial charge in [0.1, 0.15) is 54.9 Å². The number of allylic oxidation sites excluding steroid dienone is 16. The van der Waals surface area contributed by atoms with Gasteiger partial charge in [-0.15, -0.1) is 0 Å². The molecule has 478 valence electrons. The van der Waals surface area contributed by atoms with E-state index in [4.69, 9.17) is 28.4 Å². The van der Waals surface area contributed by atoms with E-state index in [1.54, 1.807) is 0 Å². The van der Waals surface area contributed by atoms with Crippen molar-refractivity contribution in [3.63, 3.8) is 0 Å². The molecule has 0 saturated carbocycles. The normalized spacial score (nSPS) is 24.1. The number of ether oxygens (including phenoxy) is 6. The molecule has 2 saturated heterocycles. The van der Waals surface area contributed by atoms with E-state index in [9.17, 15) is 40.5 Å². The van der Waals surface area contributed by atoms with Gasteiger partial charge in [0.05, 0.1) is 26.4 Å². The van der Waals surface area contributed by atoms with Crippen LogP contribution in [0.3, 0.4) is 0 Å². The van der Waals surface area contributed by atoms with Crippen LogP contribution in [-0.4, -0.2) is 142 Å². The third-order valence-electron chi connectivity index (χ3n) is 15.1. The van der Waals surface area contributed by atoms with E-state index in [-0.39, 0.29) is 19.6 Å². The van der Waals surface area contributed by atoms with Crippen LogP contribution in [0.2, 0.25) is 0 Å². The Hall–Kier alpha value is -3.09. The first-order chi connectivity index (χ1) is 40.6. The zero-order valence-electron chi connectivity index (χ0n) is 51.7. The Balaban J connectivity index is 1.69. The maximum Gasteiger partial charge on any atom is 0.306 e. The highest BCUT2D eigenvalue weighted by Gasteiger charge is 2.47. The van der Waals surface area contributed by atoms with Crippen molar-refractivity contribution in [2.75, 3.05) is 33.0 Å². The fourth-order valence-corrected chi connectivity index (χ4v) is 9.85. The highest BCUT2D eigenvalue weighted by Crippen LogP contribution is 2.27. The quantitative estimate of drug-likeness (QED) is 0.0172. The molecule has 14 heteroatoms. The lowest BCUT2D eigenvalue weighted by molar-refractivity contribution is -0.332. The zero-order valence-corrected chi connectivity index (χ0v) is 51.7. The molecule has 14 nitrogen and oxygen atoms in total. The number of esters is 1. The molecule has 2 aliphatic heterocycles. The van der Waals surface area contributed by atoms with Gasteiger partial charge in [-0.1, -0.05) is 227 Å². The standard InChI is InChI=1S/C69H118O14/c1-3-5-7-9-11-13-15-17-19-21-23-25-27-29-30-32-34-36-38-40-42-44-46-48-50-52-61(71)81-58(56-79-68-67(77)65(75)63(73)60(83-68)57-80-69-66(76)64(74)62(72)59(54-70)82-69)55-78-53-51-49-47-45-43-41-39-37-35-33-31-28-26-24-22-20-18-16-14-12-10-8-6-4-2/h5,7,11,13,17,19,22-25,29-30,34,36,40,42,58-60,62-70,72-77H,3-4,6,8-10,12,14-16,18,20-21,26-28,31-33,35,37-39,41,43-57H2,1-2H3/b7-5-,13-11-,19-17-,24-22-,25-23-,30-29-,36-34-,42-40-. The minimum Gasteiger partial charge on any atom is -0.457 e. The molecule has 2 fully saturated rings. The van der Waals surface area contributed by atoms with E-state index in [1.807, 2.05) is 0 Å². The predicted octanol–water partition coefficient (Wildman–Crippen LogP) is 13.3. The van der Waals surface area contributed by atoms with Crippen molar-refractivity contribution < 1.29 is 69.0 Å². The molecule has 0 aliphatic carbocycles. The van der Waals surface area contributed by atoms with Gasteiger partial charge in [0.2, 0.25) is 0 Å². The number of hydrogen-bond donors (Lipinski definition) is 7. The second-order valence-corrected chi connectivity index (χ2v) is 22.6. The second-order valence-electron chi connectivity index (χ2n) is 22.6. The highest BCUT2D eigenvalue weighted by molar-refractivity contribution is 5.69. The smallest absolute Gasteiger partial charge is 0.306 e. The number of carbonyl (C=O) groups is 1. The summed E-state index contributed by atoms with van der Waals surface area (Å²) in [5.74, 6) is -0.408. The third-order valence-corrected chi connectivity index (χ3v) is 15.1. The van der Waals surface area contributed by atoms with E-state index >= 15 is 0 Å². The molecule has 7 N–H and O–H groups in total. The van der Waals surface area contributed by atoms with Crippen LogP contribution in [0.4, 0.5) is 0 Å². The Morgan fingerprint density at radius 2 is 0.783 bits per heavy atom. The molecule has 0 aromatic carbocycles. The van der Waals surface area contributed by atoms with Gasteiger partial charge in [-0.3, -0.25) is 4.79 Å². The van der Waals surface area contributed by atoms with Gasteiger partial charge in [-0.2, -0.15) is 0 Å². The highest BCUT2D eigenvalue weighted by atomic mass is 16.7. The summed E-state index contributed by atoms with van der Waals surface area (Å²) in [7, 11) is 0. The van der Waals surface area contributed by atoms with Gasteiger partial charge >= 0.3 is 5.97 Å². The first-order valence-electron chi connectivity index (χ1n) is 32.8. The lowest BCUT2D eigenvalue weighted by Crippen LogP contribution is -2.61. The van der Waals surface area contributed by atoms with Gasteiger partial charge in [0.15, 0.2) is 12.6 Å². The fraction of sp³-hybridized carbons (Fsp3) is 0.754. The first kappa shape index (κ1) is 76.0. The molecular formula is C69H118O14. The summed E-state index contributed by atoms with van der Waals surface area (Å²) in [6, 6.07) is 0. The molecule has 83 heavy (non-hydrogen) atoms. The zero-order chi connectivity index (χ0) is 60.1. The van der Waals surface area contributed by atoms with Crippen molar-refractivity contribution >= 4 is 5.97 Å². The van der Waals surface area contributed by atoms with Crippen LogP contribution in [-0.2, 0) is 33.2 Å². The maximum atomic E-state index is 13.1. The molecule has 0 radical (unpaired) electrons. The predicted molar refractivity (Wildman–Crippen MR) is 334 cm³/mol. The number of carbonyl (C=O) groups excluding carboxylic acids is 1. The van der Waals surface area contributed by atoms with Crippen LogP contribution in [0.25, 0.3) is 0 Å². The van der Waals surface area contributed by atoms with Crippen LogP contribution in [0.5, 0.6) is 0 Å². The van der Waals surface area contributed by atoms with Crippen molar-refractivity contribution in [2.24, 2.45) is 0 Å². The summed E-state index contributed by atoms with van der Waals surface area (Å²) in [6.07, 6.45) is 57.6. The van der Waals surface area contributed by atoms with Crippen LogP contribution < -0.4 is 0 Å². The van der Waals surface area contributed by atoms with E-state index in [1.165, 1.54) is 122 Å². The Labute approximate surface area is 502 Å². The molecule has 2 heterocycles. The molecule has 0 amide bonds. The molecule has 0 aromatic rings. The lowest BCUT2D eigenvalue weighted by Gasteiger charge is -2.42. The van der Waals surface area contributed by atoms with E-state index < -0.39 is 86.7 Å². The number of rotatable bonds is 53. The topological polar surface area (TPSA) is 214 Å². The summed E-state index contributed by atoms with van der Waals surface area (Å²) < 4.78 is 34.5. The minimum absolute atomic E-state index is 0.0427. The van der Waals surface area contributed by atoms with Gasteiger partial charge in [0.25, 0.3) is 0 Å². The first-order valence-corrected chi connectivity index (χ1v) is 32.8. The van der Waals surface area contributed by atoms with Crippen molar-refractivity contribution in [1.29, 1.82) is 0 Å². The number of aliphatic hydroxyl groups is 7. The molecule has 2 aliphatic rings. The van der Waals surface area contributed by atoms with E-state index in [0.717, 1.165) is 83.5 Å². The van der Waals surface area contributed by atoms with E-state index in [2.05, 4.69) is 111 Å². The van der Waals surface area contributed by atoms with Crippen LogP contribution in [0, 0.1) is 0 Å². The summed E-state index contributed by atoms with van der Waals surface area (Å²) in [6.45, 7) is 3.54. The van der Waals surface area contributed by atoms with Gasteiger partial charge < -0.3 is 64.2 Å². The molecule has 2 rings (SSSR count). The summed E-state index contributed by atoms with van der Waals surface area (Å²) in [5, 5.41) is 72.5. The number of hydrogen-bond acceptors (Lipinski definition) is 14. The minimum atomic E-state index is -1.72. The Kier molecular flexibility index (Phi) is 49.7. The van der Waals surface area contributed by atoms with E-state index in [0.29, 0.717) is 13.0 Å². The van der Waals surface area contributed by atoms with Crippen molar-refractivity contribution in [3.05, 3.63) is 97.2 Å². The monoisotopic (exact) mass is 1170 g/mol. The summed E-state index contributed by atoms with van der Waals surface area (Å²) in [5.41, 5.74) is 0. The SMILES string of the molecule is CC/C=C\C/C=C\C/C=C\C/C=C\C/C=C\C/C=C\C/C=C\CCCCCC(=O)OC(COCCCCCCCCCCCCCC/C=C\CCCCCCCCCC)COC1OC(COC2OC(CO)C(O)C(O)C2O)C(O)C(O)C1O. The molecule has 0 spiro atoms. The number of aliphatic hydroxyl groups excluding tert-OH is 7. The Morgan fingerprint density at radius 3 is 1.24 bits per heavy atom. The van der Waals surface area contributed by atoms with Gasteiger partial charge in [-0.05, 0) is 96.3 Å². The van der Waals surface area contributed by atoms with Crippen molar-refractivity contribution in [2.45, 2.75) is 300 Å². The van der Waals surface area contributed by atoms with Gasteiger partial charge in [0, 0.05) is 13.0 Å². The lowest BCUT2D eigenvalue weighted by atomic mass is 9.98. The average Bonchev–Trinajstić information content (AvgIpc) is 3.67. The van der Waals surface area contributed by atoms with Crippen molar-refractivity contribution in [3.8, 4) is 0 Å². The Morgan fingerprint density at radius 1 is 0.410 bits per heavy atom. The maximum absolute atomic E-state index is 13.1. The number of unbranched alkanes of at least 4 members (excludes halogenated alkanes) is 23. The van der Waals surface area contributed by atoms with Gasteiger partial charge in [-0.25, -0.2) is 0 Å². The van der Waals surface area contributed by atoms with Crippen LogP contribution in [0.1, 0.15) is 232 Å². The fourth-order valence-electron chi connectivity index (χ4n) is 9.85. The molecule has 0 bridgehead atoms. The molecule has 11 atom stereocenters. The summed E-state index contributed by atoms with van der Waals surface area (Å²) in [4.78, 5) is 13.1. The third kappa shape index (κ3) is 40.1.